The molecule has 0 bridgehead atoms. The number of morpholine rings is 1. The fourth-order valence-corrected chi connectivity index (χ4v) is 2.98. The Morgan fingerprint density at radius 3 is 2.21 bits per heavy atom. The molecule has 2 rings (SSSR count). The van der Waals surface area contributed by atoms with E-state index in [4.69, 9.17) is 4.74 Å². The molecule has 2 amide bonds. The summed E-state index contributed by atoms with van der Waals surface area (Å²) in [6.07, 6.45) is 5.50. The van der Waals surface area contributed by atoms with Crippen molar-refractivity contribution in [3.05, 3.63) is 0 Å². The van der Waals surface area contributed by atoms with Gasteiger partial charge in [-0.25, -0.2) is 0 Å². The molecule has 0 aromatic rings. The summed E-state index contributed by atoms with van der Waals surface area (Å²) in [5.74, 6) is -0.860. The van der Waals surface area contributed by atoms with Crippen LogP contribution in [0, 0.1) is 0 Å². The first-order valence-electron chi connectivity index (χ1n) is 7.31. The minimum Gasteiger partial charge on any atom is -0.372 e. The van der Waals surface area contributed by atoms with E-state index in [-0.39, 0.29) is 18.2 Å². The van der Waals surface area contributed by atoms with Gasteiger partial charge in [0.1, 0.15) is 0 Å². The highest BCUT2D eigenvalue weighted by Crippen LogP contribution is 2.17. The third kappa shape index (κ3) is 3.93. The minimum atomic E-state index is -0.451. The van der Waals surface area contributed by atoms with Crippen molar-refractivity contribution in [3.8, 4) is 0 Å². The van der Waals surface area contributed by atoms with Gasteiger partial charge < -0.3 is 15.0 Å². The summed E-state index contributed by atoms with van der Waals surface area (Å²) in [7, 11) is 0. The first kappa shape index (κ1) is 14.3. The highest BCUT2D eigenvalue weighted by atomic mass is 16.5. The van der Waals surface area contributed by atoms with E-state index in [9.17, 15) is 9.59 Å². The highest BCUT2D eigenvalue weighted by molar-refractivity contribution is 6.35. The molecule has 1 aliphatic carbocycles. The molecule has 5 nitrogen and oxygen atoms in total. The maximum Gasteiger partial charge on any atom is 0.312 e. The van der Waals surface area contributed by atoms with Gasteiger partial charge in [0.05, 0.1) is 12.2 Å². The van der Waals surface area contributed by atoms with Gasteiger partial charge in [-0.2, -0.15) is 0 Å². The van der Waals surface area contributed by atoms with E-state index in [1.807, 2.05) is 13.8 Å². The Balaban J connectivity index is 1.85. The summed E-state index contributed by atoms with van der Waals surface area (Å²) in [6, 6.07) is 0.182. The van der Waals surface area contributed by atoms with Gasteiger partial charge in [-0.3, -0.25) is 9.59 Å². The number of ether oxygens (including phenoxy) is 1. The number of carbonyl (C=O) groups is 2. The lowest BCUT2D eigenvalue weighted by molar-refractivity contribution is -0.153. The molecule has 108 valence electrons. The molecule has 1 aliphatic heterocycles. The third-order valence-electron chi connectivity index (χ3n) is 3.84. The summed E-state index contributed by atoms with van der Waals surface area (Å²) < 4.78 is 5.57. The molecule has 0 aromatic carbocycles. The molecule has 0 spiro atoms. The molecule has 1 heterocycles. The van der Waals surface area contributed by atoms with Crippen LogP contribution in [0.4, 0.5) is 0 Å². The SMILES string of the molecule is CC1CN(C(=O)C(=O)NC2CCCCC2)CC(C)O1. The Kier molecular flexibility index (Phi) is 4.80. The van der Waals surface area contributed by atoms with Crippen LogP contribution < -0.4 is 5.32 Å². The number of carbonyl (C=O) groups excluding carboxylic acids is 2. The fraction of sp³-hybridized carbons (Fsp3) is 0.857. The van der Waals surface area contributed by atoms with Crippen LogP contribution in [0.5, 0.6) is 0 Å². The predicted octanol–water partition coefficient (Wildman–Crippen LogP) is 1.07. The van der Waals surface area contributed by atoms with Crippen molar-refractivity contribution in [1.82, 2.24) is 10.2 Å². The molecule has 19 heavy (non-hydrogen) atoms. The standard InChI is InChI=1S/C14H24N2O3/c1-10-8-16(9-11(2)19-10)14(18)13(17)15-12-6-4-3-5-7-12/h10-12H,3-9H2,1-2H3,(H,15,17). The van der Waals surface area contributed by atoms with E-state index in [1.54, 1.807) is 4.90 Å². The Hall–Kier alpha value is -1.10. The summed E-state index contributed by atoms with van der Waals surface area (Å²) >= 11 is 0. The lowest BCUT2D eigenvalue weighted by atomic mass is 9.95. The molecule has 1 N–H and O–H groups in total. The van der Waals surface area contributed by atoms with Crippen LogP contribution in [-0.2, 0) is 14.3 Å². The summed E-state index contributed by atoms with van der Waals surface area (Å²) in [6.45, 7) is 4.85. The van der Waals surface area contributed by atoms with Crippen LogP contribution in [0.2, 0.25) is 0 Å². The number of nitrogens with zero attached hydrogens (tertiary/aromatic N) is 1. The quantitative estimate of drug-likeness (QED) is 0.724. The van der Waals surface area contributed by atoms with Gasteiger partial charge >= 0.3 is 11.8 Å². The molecule has 5 heteroatoms. The van der Waals surface area contributed by atoms with Gasteiger partial charge in [-0.15, -0.1) is 0 Å². The van der Waals surface area contributed by atoms with Crippen molar-refractivity contribution in [2.45, 2.75) is 64.2 Å². The Morgan fingerprint density at radius 2 is 1.63 bits per heavy atom. The molecular formula is C14H24N2O3. The number of rotatable bonds is 1. The zero-order valence-electron chi connectivity index (χ0n) is 11.9. The molecule has 1 saturated carbocycles. The number of hydrogen-bond donors (Lipinski definition) is 1. The maximum absolute atomic E-state index is 12.1. The molecular weight excluding hydrogens is 244 g/mol. The van der Waals surface area contributed by atoms with Crippen molar-refractivity contribution >= 4 is 11.8 Å². The summed E-state index contributed by atoms with van der Waals surface area (Å²) in [5, 5.41) is 2.87. The van der Waals surface area contributed by atoms with Gasteiger partial charge in [0.2, 0.25) is 0 Å². The maximum atomic E-state index is 12.1. The van der Waals surface area contributed by atoms with E-state index >= 15 is 0 Å². The average molecular weight is 268 g/mol. The lowest BCUT2D eigenvalue weighted by Crippen LogP contribution is -2.53. The fourth-order valence-electron chi connectivity index (χ4n) is 2.98. The van der Waals surface area contributed by atoms with E-state index in [0.717, 1.165) is 25.7 Å². The monoisotopic (exact) mass is 268 g/mol. The average Bonchev–Trinajstić information content (AvgIpc) is 2.37. The molecule has 0 aromatic heterocycles. The van der Waals surface area contributed by atoms with Gasteiger partial charge in [0.15, 0.2) is 0 Å². The molecule has 0 radical (unpaired) electrons. The van der Waals surface area contributed by atoms with Crippen LogP contribution >= 0.6 is 0 Å². The summed E-state index contributed by atoms with van der Waals surface area (Å²) in [5.41, 5.74) is 0. The second-order valence-corrected chi connectivity index (χ2v) is 5.78. The van der Waals surface area contributed by atoms with Crippen molar-refractivity contribution in [3.63, 3.8) is 0 Å². The zero-order chi connectivity index (χ0) is 13.8. The lowest BCUT2D eigenvalue weighted by Gasteiger charge is -2.35. The van der Waals surface area contributed by atoms with Gasteiger partial charge in [0, 0.05) is 19.1 Å². The van der Waals surface area contributed by atoms with Crippen molar-refractivity contribution in [2.24, 2.45) is 0 Å². The smallest absolute Gasteiger partial charge is 0.312 e. The van der Waals surface area contributed by atoms with E-state index in [2.05, 4.69) is 5.32 Å². The Bertz CT molecular complexity index is 330. The third-order valence-corrected chi connectivity index (χ3v) is 3.84. The van der Waals surface area contributed by atoms with Gasteiger partial charge in [-0.1, -0.05) is 19.3 Å². The van der Waals surface area contributed by atoms with Gasteiger partial charge in [-0.05, 0) is 26.7 Å². The van der Waals surface area contributed by atoms with Crippen LogP contribution in [0.3, 0.4) is 0 Å². The molecule has 2 atom stereocenters. The van der Waals surface area contributed by atoms with E-state index < -0.39 is 11.8 Å². The van der Waals surface area contributed by atoms with Crippen LogP contribution in [0.15, 0.2) is 0 Å². The van der Waals surface area contributed by atoms with Gasteiger partial charge in [0.25, 0.3) is 0 Å². The van der Waals surface area contributed by atoms with Crippen molar-refractivity contribution in [2.75, 3.05) is 13.1 Å². The number of hydrogen-bond acceptors (Lipinski definition) is 3. The first-order valence-corrected chi connectivity index (χ1v) is 7.31. The molecule has 2 fully saturated rings. The summed E-state index contributed by atoms with van der Waals surface area (Å²) in [4.78, 5) is 25.7. The van der Waals surface area contributed by atoms with E-state index in [1.165, 1.54) is 6.42 Å². The first-order chi connectivity index (χ1) is 9.06. The van der Waals surface area contributed by atoms with E-state index in [0.29, 0.717) is 13.1 Å². The van der Waals surface area contributed by atoms with Crippen molar-refractivity contribution in [1.29, 1.82) is 0 Å². The second-order valence-electron chi connectivity index (χ2n) is 5.78. The number of amides is 2. The Morgan fingerprint density at radius 1 is 1.05 bits per heavy atom. The van der Waals surface area contributed by atoms with Crippen molar-refractivity contribution < 1.29 is 14.3 Å². The minimum absolute atomic E-state index is 0.00446. The van der Waals surface area contributed by atoms with Crippen LogP contribution in [-0.4, -0.2) is 48.1 Å². The van der Waals surface area contributed by atoms with Crippen LogP contribution in [0.1, 0.15) is 46.0 Å². The normalized spacial score (nSPS) is 29.1. The second kappa shape index (κ2) is 6.37. The zero-order valence-corrected chi connectivity index (χ0v) is 11.9. The number of nitrogens with one attached hydrogen (secondary N) is 1. The molecule has 2 unspecified atom stereocenters. The molecule has 2 aliphatic rings. The predicted molar refractivity (Wildman–Crippen MR) is 71.6 cm³/mol. The molecule has 1 saturated heterocycles. The van der Waals surface area contributed by atoms with Crippen LogP contribution in [0.25, 0.3) is 0 Å². The Labute approximate surface area is 114 Å². The topological polar surface area (TPSA) is 58.6 Å². The largest absolute Gasteiger partial charge is 0.372 e. The highest BCUT2D eigenvalue weighted by Gasteiger charge is 2.30.